The van der Waals surface area contributed by atoms with Crippen molar-refractivity contribution in [3.63, 3.8) is 0 Å². The smallest absolute Gasteiger partial charge is 0.221 e. The van der Waals surface area contributed by atoms with E-state index < -0.39 is 0 Å². The highest BCUT2D eigenvalue weighted by Crippen LogP contribution is 2.38. The molecule has 2 rings (SSSR count). The summed E-state index contributed by atoms with van der Waals surface area (Å²) in [5.41, 5.74) is 7.10. The third-order valence-electron chi connectivity index (χ3n) is 4.63. The van der Waals surface area contributed by atoms with Crippen LogP contribution in [0, 0.1) is 5.41 Å². The highest BCUT2D eigenvalue weighted by Gasteiger charge is 2.33. The molecule has 0 radical (unpaired) electrons. The Morgan fingerprint density at radius 2 is 2.00 bits per heavy atom. The molecule has 0 saturated heterocycles. The van der Waals surface area contributed by atoms with Gasteiger partial charge in [0.1, 0.15) is 0 Å². The molecule has 0 bridgehead atoms. The Morgan fingerprint density at radius 3 is 2.62 bits per heavy atom. The number of carbonyl (C=O) groups excluding carboxylic acids is 1. The van der Waals surface area contributed by atoms with Gasteiger partial charge in [0.05, 0.1) is 6.04 Å². The molecular weight excluding hydrogens is 328 g/mol. The van der Waals surface area contributed by atoms with Gasteiger partial charge in [-0.25, -0.2) is 0 Å². The largest absolute Gasteiger partial charge is 0.350 e. The molecule has 1 aliphatic rings. The molecule has 0 aromatic heterocycles. The fourth-order valence-corrected chi connectivity index (χ4v) is 3.92. The summed E-state index contributed by atoms with van der Waals surface area (Å²) in [6.45, 7) is 2.64. The molecule has 116 valence electrons. The van der Waals surface area contributed by atoms with Crippen LogP contribution in [-0.2, 0) is 4.79 Å². The van der Waals surface area contributed by atoms with Crippen molar-refractivity contribution >= 4 is 21.8 Å². The first-order valence-corrected chi connectivity index (χ1v) is 8.59. The summed E-state index contributed by atoms with van der Waals surface area (Å²) in [6, 6.07) is 8.01. The second kappa shape index (κ2) is 7.41. The van der Waals surface area contributed by atoms with Gasteiger partial charge in [-0.15, -0.1) is 0 Å². The molecule has 0 aliphatic heterocycles. The summed E-state index contributed by atoms with van der Waals surface area (Å²) in [5.74, 6) is 0.116. The maximum Gasteiger partial charge on any atom is 0.221 e. The molecule has 21 heavy (non-hydrogen) atoms. The van der Waals surface area contributed by atoms with Crippen molar-refractivity contribution in [2.75, 3.05) is 6.54 Å². The number of nitrogens with two attached hydrogens (primary N) is 1. The van der Waals surface area contributed by atoms with E-state index in [4.69, 9.17) is 5.73 Å². The molecule has 1 aromatic carbocycles. The topological polar surface area (TPSA) is 55.1 Å². The lowest BCUT2D eigenvalue weighted by Crippen LogP contribution is -2.39. The van der Waals surface area contributed by atoms with Gasteiger partial charge < -0.3 is 11.1 Å². The number of amides is 1. The van der Waals surface area contributed by atoms with Crippen LogP contribution in [-0.4, -0.2) is 12.5 Å². The van der Waals surface area contributed by atoms with E-state index >= 15 is 0 Å². The van der Waals surface area contributed by atoms with E-state index in [0.717, 1.165) is 22.9 Å². The van der Waals surface area contributed by atoms with Gasteiger partial charge in [-0.2, -0.15) is 0 Å². The second-order valence-electron chi connectivity index (χ2n) is 6.25. The lowest BCUT2D eigenvalue weighted by atomic mass is 9.71. The summed E-state index contributed by atoms with van der Waals surface area (Å²) in [6.07, 6.45) is 6.39. The van der Waals surface area contributed by atoms with E-state index in [1.807, 2.05) is 31.2 Å². The normalized spacial score (nSPS) is 19.0. The van der Waals surface area contributed by atoms with Crippen LogP contribution in [0.5, 0.6) is 0 Å². The number of rotatable bonds is 5. The fraction of sp³-hybridized carbons (Fsp3) is 0.588. The first kappa shape index (κ1) is 16.5. The van der Waals surface area contributed by atoms with E-state index in [1.165, 1.54) is 19.3 Å². The van der Waals surface area contributed by atoms with Crippen LogP contribution in [0.2, 0.25) is 0 Å². The molecule has 1 fully saturated rings. The van der Waals surface area contributed by atoms with Gasteiger partial charge in [0.2, 0.25) is 5.91 Å². The number of nitrogens with one attached hydrogen (secondary N) is 1. The molecule has 3 nitrogen and oxygen atoms in total. The Hall–Kier alpha value is -0.870. The Kier molecular flexibility index (Phi) is 5.82. The molecule has 0 spiro atoms. The maximum atomic E-state index is 12.4. The van der Waals surface area contributed by atoms with E-state index in [-0.39, 0.29) is 17.4 Å². The Balaban J connectivity index is 1.96. The number of carbonyl (C=O) groups is 1. The first-order valence-electron chi connectivity index (χ1n) is 7.80. The standard InChI is InChI=1S/C17H25BrN2O/c1-13(14-7-3-4-8-15(14)18)20-16(21)11-17(12-19)9-5-2-6-10-17/h3-4,7-8,13H,2,5-6,9-12,19H2,1H3,(H,20,21). The maximum absolute atomic E-state index is 12.4. The van der Waals surface area contributed by atoms with Crippen molar-refractivity contribution in [2.45, 2.75) is 51.5 Å². The number of halogens is 1. The van der Waals surface area contributed by atoms with Crippen LogP contribution in [0.15, 0.2) is 28.7 Å². The second-order valence-corrected chi connectivity index (χ2v) is 7.11. The molecule has 3 N–H and O–H groups in total. The Bertz CT molecular complexity index is 483. The van der Waals surface area contributed by atoms with Crippen LogP contribution in [0.1, 0.15) is 57.1 Å². The molecule has 1 saturated carbocycles. The van der Waals surface area contributed by atoms with Crippen molar-refractivity contribution < 1.29 is 4.79 Å². The van der Waals surface area contributed by atoms with Crippen LogP contribution >= 0.6 is 15.9 Å². The molecule has 1 aliphatic carbocycles. The minimum absolute atomic E-state index is 0.00601. The summed E-state index contributed by atoms with van der Waals surface area (Å²) in [5, 5.41) is 3.12. The summed E-state index contributed by atoms with van der Waals surface area (Å²) in [4.78, 5) is 12.4. The molecule has 0 heterocycles. The van der Waals surface area contributed by atoms with Gasteiger partial charge in [-0.05, 0) is 43.4 Å². The number of hydrogen-bond donors (Lipinski definition) is 2. The van der Waals surface area contributed by atoms with Gasteiger partial charge in [0, 0.05) is 10.9 Å². The van der Waals surface area contributed by atoms with Crippen molar-refractivity contribution in [1.29, 1.82) is 0 Å². The lowest BCUT2D eigenvalue weighted by Gasteiger charge is -2.36. The van der Waals surface area contributed by atoms with Crippen molar-refractivity contribution in [1.82, 2.24) is 5.32 Å². The summed E-state index contributed by atoms with van der Waals surface area (Å²) >= 11 is 3.54. The average molecular weight is 353 g/mol. The highest BCUT2D eigenvalue weighted by molar-refractivity contribution is 9.10. The van der Waals surface area contributed by atoms with Gasteiger partial charge in [-0.1, -0.05) is 53.4 Å². The fourth-order valence-electron chi connectivity index (χ4n) is 3.29. The minimum atomic E-state index is 0.00601. The van der Waals surface area contributed by atoms with E-state index in [2.05, 4.69) is 21.2 Å². The van der Waals surface area contributed by atoms with Crippen LogP contribution in [0.25, 0.3) is 0 Å². The number of hydrogen-bond acceptors (Lipinski definition) is 2. The minimum Gasteiger partial charge on any atom is -0.350 e. The summed E-state index contributed by atoms with van der Waals surface area (Å²) < 4.78 is 1.03. The number of benzene rings is 1. The van der Waals surface area contributed by atoms with Crippen molar-refractivity contribution in [3.05, 3.63) is 34.3 Å². The average Bonchev–Trinajstić information content (AvgIpc) is 2.48. The zero-order valence-electron chi connectivity index (χ0n) is 12.7. The van der Waals surface area contributed by atoms with Crippen LogP contribution in [0.3, 0.4) is 0 Å². The van der Waals surface area contributed by atoms with E-state index in [0.29, 0.717) is 13.0 Å². The van der Waals surface area contributed by atoms with Gasteiger partial charge in [0.25, 0.3) is 0 Å². The lowest BCUT2D eigenvalue weighted by molar-refractivity contribution is -0.124. The van der Waals surface area contributed by atoms with Crippen molar-refractivity contribution in [3.8, 4) is 0 Å². The zero-order chi connectivity index (χ0) is 15.3. The zero-order valence-corrected chi connectivity index (χ0v) is 14.3. The van der Waals surface area contributed by atoms with Crippen molar-refractivity contribution in [2.24, 2.45) is 11.1 Å². The van der Waals surface area contributed by atoms with Gasteiger partial charge >= 0.3 is 0 Å². The predicted molar refractivity (Wildman–Crippen MR) is 89.9 cm³/mol. The predicted octanol–water partition coefficient (Wildman–Crippen LogP) is 3.93. The van der Waals surface area contributed by atoms with Crippen LogP contribution in [0.4, 0.5) is 0 Å². The first-order chi connectivity index (χ1) is 10.1. The third kappa shape index (κ3) is 4.30. The SMILES string of the molecule is CC(NC(=O)CC1(CN)CCCCC1)c1ccccc1Br. The Labute approximate surface area is 135 Å². The molecule has 1 unspecified atom stereocenters. The molecule has 1 amide bonds. The Morgan fingerprint density at radius 1 is 1.33 bits per heavy atom. The van der Waals surface area contributed by atoms with Crippen LogP contribution < -0.4 is 11.1 Å². The monoisotopic (exact) mass is 352 g/mol. The third-order valence-corrected chi connectivity index (χ3v) is 5.35. The van der Waals surface area contributed by atoms with E-state index in [1.54, 1.807) is 0 Å². The van der Waals surface area contributed by atoms with Gasteiger partial charge in [-0.3, -0.25) is 4.79 Å². The van der Waals surface area contributed by atoms with E-state index in [9.17, 15) is 4.79 Å². The summed E-state index contributed by atoms with van der Waals surface area (Å²) in [7, 11) is 0. The highest BCUT2D eigenvalue weighted by atomic mass is 79.9. The molecule has 1 aromatic rings. The molecule has 1 atom stereocenters. The molecule has 4 heteroatoms. The quantitative estimate of drug-likeness (QED) is 0.843. The molecular formula is C17H25BrN2O. The van der Waals surface area contributed by atoms with Gasteiger partial charge in [0.15, 0.2) is 0 Å².